The first-order valence-electron chi connectivity index (χ1n) is 7.60. The Hall–Kier alpha value is -2.23. The molecule has 22 heavy (non-hydrogen) atoms. The van der Waals surface area contributed by atoms with Crippen molar-refractivity contribution in [3.05, 3.63) is 41.6 Å². The molecule has 0 amide bonds. The largest absolute Gasteiger partial charge is 0.494 e. The number of carboxylic acid groups (broad SMARTS) is 1. The van der Waals surface area contributed by atoms with E-state index in [9.17, 15) is 9.90 Å². The third-order valence-electron chi connectivity index (χ3n) is 3.61. The first kappa shape index (κ1) is 16.1. The van der Waals surface area contributed by atoms with Crippen molar-refractivity contribution in [1.82, 2.24) is 4.57 Å². The maximum atomic E-state index is 11.4. The third-order valence-corrected chi connectivity index (χ3v) is 3.61. The molecule has 0 radical (unpaired) electrons. The SMILES string of the molecule is CCOc1ccc(-c2cc(C(=O)O)c(C)n2CC(C)C)cc1. The van der Waals surface area contributed by atoms with Crippen molar-refractivity contribution in [3.8, 4) is 17.0 Å². The molecule has 0 aliphatic rings. The molecule has 0 aliphatic carbocycles. The van der Waals surface area contributed by atoms with Crippen molar-refractivity contribution in [2.75, 3.05) is 6.61 Å². The summed E-state index contributed by atoms with van der Waals surface area (Å²) in [6.45, 7) is 9.49. The van der Waals surface area contributed by atoms with Gasteiger partial charge in [-0.05, 0) is 55.7 Å². The number of rotatable bonds is 6. The highest BCUT2D eigenvalue weighted by molar-refractivity contribution is 5.91. The zero-order valence-electron chi connectivity index (χ0n) is 13.6. The molecule has 1 aromatic carbocycles. The van der Waals surface area contributed by atoms with Crippen molar-refractivity contribution in [1.29, 1.82) is 0 Å². The highest BCUT2D eigenvalue weighted by Crippen LogP contribution is 2.28. The number of hydrogen-bond donors (Lipinski definition) is 1. The minimum absolute atomic E-state index is 0.365. The summed E-state index contributed by atoms with van der Waals surface area (Å²) in [5.74, 6) is 0.379. The van der Waals surface area contributed by atoms with Crippen molar-refractivity contribution in [2.24, 2.45) is 5.92 Å². The van der Waals surface area contributed by atoms with E-state index in [2.05, 4.69) is 18.4 Å². The average molecular weight is 301 g/mol. The lowest BCUT2D eigenvalue weighted by Gasteiger charge is -2.14. The lowest BCUT2D eigenvalue weighted by molar-refractivity contribution is 0.0696. The van der Waals surface area contributed by atoms with E-state index in [1.807, 2.05) is 38.1 Å². The van der Waals surface area contributed by atoms with Gasteiger partial charge >= 0.3 is 5.97 Å². The van der Waals surface area contributed by atoms with Crippen LogP contribution in [0.4, 0.5) is 0 Å². The van der Waals surface area contributed by atoms with Gasteiger partial charge in [-0.1, -0.05) is 13.8 Å². The molecule has 1 N–H and O–H groups in total. The van der Waals surface area contributed by atoms with E-state index in [0.29, 0.717) is 18.1 Å². The molecule has 2 aromatic rings. The molecule has 0 spiro atoms. The Morgan fingerprint density at radius 1 is 1.27 bits per heavy atom. The van der Waals surface area contributed by atoms with Gasteiger partial charge in [0.05, 0.1) is 12.2 Å². The normalized spacial score (nSPS) is 11.0. The van der Waals surface area contributed by atoms with Crippen LogP contribution in [-0.4, -0.2) is 22.2 Å². The molecule has 0 saturated carbocycles. The Labute approximate surface area is 131 Å². The number of aromatic carboxylic acids is 1. The Balaban J connectivity index is 2.48. The van der Waals surface area contributed by atoms with Crippen molar-refractivity contribution in [2.45, 2.75) is 34.2 Å². The van der Waals surface area contributed by atoms with Crippen LogP contribution in [0.2, 0.25) is 0 Å². The van der Waals surface area contributed by atoms with Crippen molar-refractivity contribution < 1.29 is 14.6 Å². The van der Waals surface area contributed by atoms with E-state index in [-0.39, 0.29) is 0 Å². The molecule has 4 nitrogen and oxygen atoms in total. The van der Waals surface area contributed by atoms with Crippen molar-refractivity contribution in [3.63, 3.8) is 0 Å². The zero-order valence-corrected chi connectivity index (χ0v) is 13.6. The Bertz CT molecular complexity index is 654. The Kier molecular flexibility index (Phi) is 4.91. The lowest BCUT2D eigenvalue weighted by atomic mass is 10.1. The maximum Gasteiger partial charge on any atom is 0.337 e. The first-order chi connectivity index (χ1) is 10.4. The molecule has 0 aliphatic heterocycles. The number of aromatic nitrogens is 1. The summed E-state index contributed by atoms with van der Waals surface area (Å²) in [5.41, 5.74) is 3.10. The molecule has 0 bridgehead atoms. The van der Waals surface area contributed by atoms with Gasteiger partial charge in [0.25, 0.3) is 0 Å². The minimum atomic E-state index is -0.882. The number of carbonyl (C=O) groups is 1. The Morgan fingerprint density at radius 3 is 2.41 bits per heavy atom. The molecular weight excluding hydrogens is 278 g/mol. The van der Waals surface area contributed by atoms with Crippen molar-refractivity contribution >= 4 is 5.97 Å². The maximum absolute atomic E-state index is 11.4. The van der Waals surface area contributed by atoms with E-state index in [4.69, 9.17) is 4.74 Å². The predicted molar refractivity (Wildman–Crippen MR) is 87.6 cm³/mol. The topological polar surface area (TPSA) is 51.5 Å². The highest BCUT2D eigenvalue weighted by Gasteiger charge is 2.18. The van der Waals surface area contributed by atoms with Gasteiger partial charge in [-0.25, -0.2) is 4.79 Å². The summed E-state index contributed by atoms with van der Waals surface area (Å²) in [5, 5.41) is 9.37. The minimum Gasteiger partial charge on any atom is -0.494 e. The van der Waals surface area contributed by atoms with Gasteiger partial charge < -0.3 is 14.4 Å². The van der Waals surface area contributed by atoms with Crippen LogP contribution in [0, 0.1) is 12.8 Å². The van der Waals surface area contributed by atoms with E-state index in [1.165, 1.54) is 0 Å². The van der Waals surface area contributed by atoms with E-state index < -0.39 is 5.97 Å². The quantitative estimate of drug-likeness (QED) is 0.869. The van der Waals surface area contributed by atoms with Gasteiger partial charge in [0.15, 0.2) is 0 Å². The van der Waals surface area contributed by atoms with Gasteiger partial charge in [-0.3, -0.25) is 0 Å². The van der Waals surface area contributed by atoms with Crippen LogP contribution in [-0.2, 0) is 6.54 Å². The summed E-state index contributed by atoms with van der Waals surface area (Å²) < 4.78 is 7.54. The monoisotopic (exact) mass is 301 g/mol. The number of carboxylic acids is 1. The third kappa shape index (κ3) is 3.32. The van der Waals surface area contributed by atoms with Crippen LogP contribution >= 0.6 is 0 Å². The summed E-state index contributed by atoms with van der Waals surface area (Å²) in [4.78, 5) is 11.4. The predicted octanol–water partition coefficient (Wildman–Crippen LogP) is 4.22. The highest BCUT2D eigenvalue weighted by atomic mass is 16.5. The fraction of sp³-hybridized carbons (Fsp3) is 0.389. The summed E-state index contributed by atoms with van der Waals surface area (Å²) in [6, 6.07) is 9.54. The molecule has 0 saturated heterocycles. The van der Waals surface area contributed by atoms with Gasteiger partial charge in [0.2, 0.25) is 0 Å². The average Bonchev–Trinajstić information content (AvgIpc) is 2.77. The van der Waals surface area contributed by atoms with E-state index in [1.54, 1.807) is 6.07 Å². The van der Waals surface area contributed by atoms with Gasteiger partial charge in [-0.2, -0.15) is 0 Å². The second kappa shape index (κ2) is 6.69. The summed E-state index contributed by atoms with van der Waals surface area (Å²) in [7, 11) is 0. The van der Waals surface area contributed by atoms with Crippen LogP contribution in [0.3, 0.4) is 0 Å². The van der Waals surface area contributed by atoms with Crippen LogP contribution in [0.5, 0.6) is 5.75 Å². The van der Waals surface area contributed by atoms with Crippen LogP contribution in [0.15, 0.2) is 30.3 Å². The van der Waals surface area contributed by atoms with E-state index in [0.717, 1.165) is 29.2 Å². The molecule has 1 aromatic heterocycles. The molecule has 4 heteroatoms. The first-order valence-corrected chi connectivity index (χ1v) is 7.60. The molecule has 1 heterocycles. The molecule has 118 valence electrons. The van der Waals surface area contributed by atoms with Gasteiger partial charge in [-0.15, -0.1) is 0 Å². The summed E-state index contributed by atoms with van der Waals surface area (Å²) in [6.07, 6.45) is 0. The van der Waals surface area contributed by atoms with Gasteiger partial charge in [0.1, 0.15) is 5.75 Å². The number of benzene rings is 1. The molecule has 0 fully saturated rings. The van der Waals surface area contributed by atoms with E-state index >= 15 is 0 Å². The standard InChI is InChI=1S/C18H23NO3/c1-5-22-15-8-6-14(7-9-15)17-10-16(18(20)21)13(4)19(17)11-12(2)3/h6-10,12H,5,11H2,1-4H3,(H,20,21). The van der Waals surface area contributed by atoms with Crippen LogP contribution in [0.25, 0.3) is 11.3 Å². The Morgan fingerprint density at radius 2 is 1.91 bits per heavy atom. The molecule has 0 unspecified atom stereocenters. The molecule has 0 atom stereocenters. The van der Waals surface area contributed by atoms with Crippen LogP contribution in [0.1, 0.15) is 36.8 Å². The second-order valence-corrected chi connectivity index (χ2v) is 5.80. The number of nitrogens with zero attached hydrogens (tertiary/aromatic N) is 1. The lowest BCUT2D eigenvalue weighted by Crippen LogP contribution is -2.09. The smallest absolute Gasteiger partial charge is 0.337 e. The van der Waals surface area contributed by atoms with Crippen LogP contribution < -0.4 is 4.74 Å². The molecule has 2 rings (SSSR count). The fourth-order valence-corrected chi connectivity index (χ4v) is 2.59. The number of hydrogen-bond acceptors (Lipinski definition) is 2. The molecular formula is C18H23NO3. The summed E-state index contributed by atoms with van der Waals surface area (Å²) >= 11 is 0. The number of ether oxygens (including phenoxy) is 1. The second-order valence-electron chi connectivity index (χ2n) is 5.80. The zero-order chi connectivity index (χ0) is 16.3. The van der Waals surface area contributed by atoms with Gasteiger partial charge in [0, 0.05) is 17.9 Å². The fourth-order valence-electron chi connectivity index (χ4n) is 2.59.